The molecule has 0 saturated carbocycles. The van der Waals surface area contributed by atoms with Crippen molar-refractivity contribution in [1.29, 1.82) is 0 Å². The molecule has 0 spiro atoms. The summed E-state index contributed by atoms with van der Waals surface area (Å²) in [4.78, 5) is 25.8. The third-order valence-electron chi connectivity index (χ3n) is 5.38. The van der Waals surface area contributed by atoms with Crippen molar-refractivity contribution in [3.8, 4) is 5.82 Å². The van der Waals surface area contributed by atoms with Crippen LogP contribution in [0.1, 0.15) is 12.5 Å². The van der Waals surface area contributed by atoms with E-state index in [0.29, 0.717) is 13.1 Å². The van der Waals surface area contributed by atoms with E-state index in [9.17, 15) is 4.79 Å². The zero-order valence-electron chi connectivity index (χ0n) is 15.1. The number of fused-ring (bicyclic) bond motifs is 1. The van der Waals surface area contributed by atoms with E-state index in [1.54, 1.807) is 17.2 Å². The highest BCUT2D eigenvalue weighted by molar-refractivity contribution is 5.99. The van der Waals surface area contributed by atoms with Crippen LogP contribution in [0.2, 0.25) is 0 Å². The van der Waals surface area contributed by atoms with Crippen LogP contribution in [0.5, 0.6) is 0 Å². The molecular formula is C20H20N6O. The quantitative estimate of drug-likeness (QED) is 0.715. The molecule has 2 aliphatic rings. The molecule has 1 saturated heterocycles. The van der Waals surface area contributed by atoms with E-state index in [0.717, 1.165) is 23.7 Å². The van der Waals surface area contributed by atoms with Crippen molar-refractivity contribution in [2.24, 2.45) is 5.92 Å². The maximum absolute atomic E-state index is 13.1. The van der Waals surface area contributed by atoms with Gasteiger partial charge in [0.1, 0.15) is 12.1 Å². The molecule has 1 aromatic carbocycles. The molecule has 136 valence electrons. The van der Waals surface area contributed by atoms with Crippen molar-refractivity contribution in [2.45, 2.75) is 19.4 Å². The minimum atomic E-state index is 0.00160. The summed E-state index contributed by atoms with van der Waals surface area (Å²) >= 11 is 0. The van der Waals surface area contributed by atoms with Gasteiger partial charge in [0.25, 0.3) is 0 Å². The number of aromatic nitrogens is 4. The van der Waals surface area contributed by atoms with E-state index in [1.165, 1.54) is 5.56 Å². The van der Waals surface area contributed by atoms with Crippen LogP contribution in [0, 0.1) is 5.92 Å². The van der Waals surface area contributed by atoms with E-state index >= 15 is 0 Å². The van der Waals surface area contributed by atoms with Gasteiger partial charge in [0.15, 0.2) is 5.82 Å². The van der Waals surface area contributed by atoms with E-state index in [2.05, 4.69) is 33.0 Å². The van der Waals surface area contributed by atoms with E-state index in [-0.39, 0.29) is 17.9 Å². The SMILES string of the molecule is CC1Cc2ccccc2N1C(=O)C1CN(c2cc(-n3cccn3)ncn2)C1. The number of benzene rings is 1. The molecule has 1 atom stereocenters. The Morgan fingerprint density at radius 3 is 2.74 bits per heavy atom. The van der Waals surface area contributed by atoms with Crippen LogP contribution in [-0.4, -0.2) is 44.8 Å². The van der Waals surface area contributed by atoms with Crippen LogP contribution in [0.15, 0.2) is 55.1 Å². The fourth-order valence-corrected chi connectivity index (χ4v) is 3.96. The smallest absolute Gasteiger partial charge is 0.233 e. The number of rotatable bonds is 3. The van der Waals surface area contributed by atoms with Gasteiger partial charge < -0.3 is 9.80 Å². The highest BCUT2D eigenvalue weighted by Gasteiger charge is 2.40. The van der Waals surface area contributed by atoms with Gasteiger partial charge in [-0.05, 0) is 31.0 Å². The molecule has 1 fully saturated rings. The van der Waals surface area contributed by atoms with Crippen LogP contribution in [0.25, 0.3) is 5.82 Å². The first-order valence-electron chi connectivity index (χ1n) is 9.18. The third-order valence-corrected chi connectivity index (χ3v) is 5.38. The van der Waals surface area contributed by atoms with E-state index in [4.69, 9.17) is 0 Å². The molecule has 0 aliphatic carbocycles. The topological polar surface area (TPSA) is 67.2 Å². The molecule has 5 rings (SSSR count). The number of amides is 1. The zero-order valence-corrected chi connectivity index (χ0v) is 15.1. The fraction of sp³-hybridized carbons (Fsp3) is 0.300. The summed E-state index contributed by atoms with van der Waals surface area (Å²) < 4.78 is 1.70. The molecule has 0 radical (unpaired) electrons. The number of nitrogens with zero attached hydrogens (tertiary/aromatic N) is 6. The van der Waals surface area contributed by atoms with E-state index in [1.807, 2.05) is 41.4 Å². The Balaban J connectivity index is 1.30. The Bertz CT molecular complexity index is 980. The summed E-state index contributed by atoms with van der Waals surface area (Å²) in [6.07, 6.45) is 6.04. The van der Waals surface area contributed by atoms with Crippen LogP contribution in [0.4, 0.5) is 11.5 Å². The Labute approximate surface area is 157 Å². The predicted octanol–water partition coefficient (Wildman–Crippen LogP) is 2.08. The summed E-state index contributed by atoms with van der Waals surface area (Å²) in [7, 11) is 0. The summed E-state index contributed by atoms with van der Waals surface area (Å²) in [5.74, 6) is 1.77. The maximum Gasteiger partial charge on any atom is 0.233 e. The number of carbonyl (C=O) groups excluding carboxylic acids is 1. The minimum Gasteiger partial charge on any atom is -0.355 e. The van der Waals surface area contributed by atoms with Crippen molar-refractivity contribution >= 4 is 17.4 Å². The summed E-state index contributed by atoms with van der Waals surface area (Å²) in [6, 6.07) is 12.2. The lowest BCUT2D eigenvalue weighted by molar-refractivity contribution is -0.123. The van der Waals surface area contributed by atoms with Crippen molar-refractivity contribution < 1.29 is 4.79 Å². The van der Waals surface area contributed by atoms with Gasteiger partial charge in [-0.1, -0.05) is 18.2 Å². The van der Waals surface area contributed by atoms with Gasteiger partial charge in [-0.15, -0.1) is 0 Å². The average molecular weight is 360 g/mol. The summed E-state index contributed by atoms with van der Waals surface area (Å²) in [6.45, 7) is 3.48. The molecule has 1 unspecified atom stereocenters. The highest BCUT2D eigenvalue weighted by Crippen LogP contribution is 2.35. The van der Waals surface area contributed by atoms with Crippen LogP contribution in [0.3, 0.4) is 0 Å². The first kappa shape index (κ1) is 16.0. The van der Waals surface area contributed by atoms with Gasteiger partial charge >= 0.3 is 0 Å². The Kier molecular flexibility index (Phi) is 3.67. The summed E-state index contributed by atoms with van der Waals surface area (Å²) in [5.41, 5.74) is 2.32. The largest absolute Gasteiger partial charge is 0.355 e. The van der Waals surface area contributed by atoms with Gasteiger partial charge in [-0.25, -0.2) is 14.6 Å². The second-order valence-corrected chi connectivity index (χ2v) is 7.18. The summed E-state index contributed by atoms with van der Waals surface area (Å²) in [5, 5.41) is 4.20. The van der Waals surface area contributed by atoms with Crippen molar-refractivity contribution in [3.63, 3.8) is 0 Å². The molecule has 2 aliphatic heterocycles. The zero-order chi connectivity index (χ0) is 18.4. The number of anilines is 2. The molecule has 7 nitrogen and oxygen atoms in total. The number of carbonyl (C=O) groups is 1. The second-order valence-electron chi connectivity index (χ2n) is 7.18. The molecule has 3 aromatic rings. The normalized spacial score (nSPS) is 19.1. The Morgan fingerprint density at radius 2 is 1.93 bits per heavy atom. The first-order valence-corrected chi connectivity index (χ1v) is 9.18. The molecule has 1 amide bonds. The second kappa shape index (κ2) is 6.19. The predicted molar refractivity (Wildman–Crippen MR) is 102 cm³/mol. The molecular weight excluding hydrogens is 340 g/mol. The standard InChI is InChI=1S/C20H20N6O/c1-14-9-15-5-2-3-6-17(15)26(14)20(27)16-11-24(12-16)18-10-19(22-13-21-18)25-8-4-7-23-25/h2-8,10,13-14,16H,9,11-12H2,1H3. The fourth-order valence-electron chi connectivity index (χ4n) is 3.96. The van der Waals surface area contributed by atoms with Crippen LogP contribution < -0.4 is 9.80 Å². The van der Waals surface area contributed by atoms with E-state index < -0.39 is 0 Å². The maximum atomic E-state index is 13.1. The first-order chi connectivity index (χ1) is 13.2. The molecule has 4 heterocycles. The monoisotopic (exact) mass is 360 g/mol. The Hall–Kier alpha value is -3.22. The molecule has 7 heteroatoms. The van der Waals surface area contributed by atoms with Crippen molar-refractivity contribution in [1.82, 2.24) is 19.7 Å². The lowest BCUT2D eigenvalue weighted by Crippen LogP contribution is -2.56. The van der Waals surface area contributed by atoms with Crippen LogP contribution in [-0.2, 0) is 11.2 Å². The highest BCUT2D eigenvalue weighted by atomic mass is 16.2. The third kappa shape index (κ3) is 2.66. The molecule has 0 bridgehead atoms. The Morgan fingerprint density at radius 1 is 1.11 bits per heavy atom. The van der Waals surface area contributed by atoms with Gasteiger partial charge in [0, 0.05) is 43.3 Å². The van der Waals surface area contributed by atoms with Crippen LogP contribution >= 0.6 is 0 Å². The van der Waals surface area contributed by atoms with Gasteiger partial charge in [-0.2, -0.15) is 5.10 Å². The number of para-hydroxylation sites is 1. The number of hydrogen-bond donors (Lipinski definition) is 0. The van der Waals surface area contributed by atoms with Gasteiger partial charge in [-0.3, -0.25) is 4.79 Å². The minimum absolute atomic E-state index is 0.00160. The molecule has 2 aromatic heterocycles. The average Bonchev–Trinajstić information content (AvgIpc) is 3.27. The lowest BCUT2D eigenvalue weighted by Gasteiger charge is -2.41. The van der Waals surface area contributed by atoms with Crippen molar-refractivity contribution in [2.75, 3.05) is 22.9 Å². The van der Waals surface area contributed by atoms with Crippen molar-refractivity contribution in [3.05, 3.63) is 60.7 Å². The lowest BCUT2D eigenvalue weighted by atomic mass is 9.98. The van der Waals surface area contributed by atoms with Gasteiger partial charge in [0.05, 0.1) is 5.92 Å². The molecule has 0 N–H and O–H groups in total. The van der Waals surface area contributed by atoms with Gasteiger partial charge in [0.2, 0.25) is 5.91 Å². The number of hydrogen-bond acceptors (Lipinski definition) is 5. The molecule has 27 heavy (non-hydrogen) atoms.